The van der Waals surface area contributed by atoms with Gasteiger partial charge >= 0.3 is 0 Å². The van der Waals surface area contributed by atoms with Gasteiger partial charge in [0, 0.05) is 30.4 Å². The molecule has 0 unspecified atom stereocenters. The minimum absolute atomic E-state index is 0.125. The molecule has 102 valence electrons. The van der Waals surface area contributed by atoms with Crippen molar-refractivity contribution in [2.75, 3.05) is 13.1 Å². The molecule has 3 rings (SSSR count). The topological polar surface area (TPSA) is 38.3 Å². The van der Waals surface area contributed by atoms with Crippen molar-refractivity contribution in [2.45, 2.75) is 44.9 Å². The van der Waals surface area contributed by atoms with Crippen LogP contribution in [0.15, 0.2) is 12.1 Å². The molecule has 1 aromatic carbocycles. The van der Waals surface area contributed by atoms with Gasteiger partial charge in [-0.25, -0.2) is 0 Å². The molecular formula is C16H21NO2. The number of hydrogen-bond acceptors (Lipinski definition) is 2. The molecule has 0 aromatic heterocycles. The second-order valence-electron chi connectivity index (χ2n) is 4.98. The Morgan fingerprint density at radius 3 is 3.26 bits per heavy atom. The lowest BCUT2D eigenvalue weighted by atomic mass is 9.92. The zero-order chi connectivity index (χ0) is 16.8. The van der Waals surface area contributed by atoms with Gasteiger partial charge in [-0.3, -0.25) is 4.79 Å². The molecule has 1 atom stereocenters. The third kappa shape index (κ3) is 2.34. The van der Waals surface area contributed by atoms with E-state index < -0.39 is 24.7 Å². The maximum Gasteiger partial charge on any atom is 0.219 e. The Labute approximate surface area is 120 Å². The normalized spacial score (nSPS) is 24.4. The van der Waals surface area contributed by atoms with Gasteiger partial charge in [0.15, 0.2) is 0 Å². The molecule has 0 radical (unpaired) electrons. The van der Waals surface area contributed by atoms with Gasteiger partial charge in [-0.2, -0.15) is 0 Å². The Hall–Kier alpha value is -1.51. The standard InChI is InChI=1S/C16H21NO2/c1-2-15(18)17-9-7-12-4-3-11-5-6-14-13(16(11)12)8-10-19-14/h5-6,12H,2-4,7-10H2,1H3,(H,17,18)/t12-/m0/s1/i7D2,9D2. The van der Waals surface area contributed by atoms with E-state index in [1.165, 1.54) is 0 Å². The van der Waals surface area contributed by atoms with E-state index in [-0.39, 0.29) is 6.42 Å². The smallest absolute Gasteiger partial charge is 0.219 e. The van der Waals surface area contributed by atoms with Gasteiger partial charge in [-0.15, -0.1) is 0 Å². The molecule has 0 fully saturated rings. The molecule has 0 saturated carbocycles. The number of ether oxygens (including phenoxy) is 1. The Morgan fingerprint density at radius 1 is 1.53 bits per heavy atom. The summed E-state index contributed by atoms with van der Waals surface area (Å²) in [7, 11) is 0. The SMILES string of the molecule is [2H]C([2H])(NC(=O)CC)C([2H])([2H])[C@@H]1CCc2ccc3c(c21)CCO3. The molecule has 0 saturated heterocycles. The summed E-state index contributed by atoms with van der Waals surface area (Å²) in [6.07, 6.45) is -0.0683. The summed E-state index contributed by atoms with van der Waals surface area (Å²) in [5, 5.41) is 2.21. The fourth-order valence-corrected chi connectivity index (χ4v) is 2.87. The second-order valence-corrected chi connectivity index (χ2v) is 4.98. The van der Waals surface area contributed by atoms with Crippen molar-refractivity contribution >= 4 is 5.91 Å². The number of amides is 1. The van der Waals surface area contributed by atoms with E-state index in [0.29, 0.717) is 13.0 Å². The lowest BCUT2D eigenvalue weighted by Crippen LogP contribution is -2.24. The van der Waals surface area contributed by atoms with Crippen LogP contribution in [0.3, 0.4) is 0 Å². The van der Waals surface area contributed by atoms with E-state index in [4.69, 9.17) is 10.2 Å². The van der Waals surface area contributed by atoms with E-state index >= 15 is 0 Å². The lowest BCUT2D eigenvalue weighted by molar-refractivity contribution is -0.120. The van der Waals surface area contributed by atoms with Gasteiger partial charge in [-0.05, 0) is 42.3 Å². The Balaban J connectivity index is 1.98. The van der Waals surface area contributed by atoms with Gasteiger partial charge in [-0.1, -0.05) is 13.0 Å². The van der Waals surface area contributed by atoms with Crippen molar-refractivity contribution in [2.24, 2.45) is 0 Å². The van der Waals surface area contributed by atoms with Crippen LogP contribution in [0.25, 0.3) is 0 Å². The average Bonchev–Trinajstić information content (AvgIpc) is 3.11. The first-order valence-electron chi connectivity index (χ1n) is 8.86. The highest BCUT2D eigenvalue weighted by atomic mass is 16.5. The Morgan fingerprint density at radius 2 is 2.42 bits per heavy atom. The number of hydrogen-bond donors (Lipinski definition) is 1. The summed E-state index contributed by atoms with van der Waals surface area (Å²) >= 11 is 0. The number of carbonyl (C=O) groups excluding carboxylic acids is 1. The first kappa shape index (κ1) is 8.62. The maximum absolute atomic E-state index is 11.6. The summed E-state index contributed by atoms with van der Waals surface area (Å²) in [5.41, 5.74) is 2.96. The summed E-state index contributed by atoms with van der Waals surface area (Å²) < 4.78 is 38.6. The van der Waals surface area contributed by atoms with Crippen LogP contribution < -0.4 is 10.1 Å². The van der Waals surface area contributed by atoms with Crippen LogP contribution in [0.5, 0.6) is 5.75 Å². The largest absolute Gasteiger partial charge is 0.493 e. The molecule has 1 aromatic rings. The molecule has 1 aliphatic heterocycles. The highest BCUT2D eigenvalue weighted by molar-refractivity contribution is 5.75. The fraction of sp³-hybridized carbons (Fsp3) is 0.562. The monoisotopic (exact) mass is 263 g/mol. The summed E-state index contributed by atoms with van der Waals surface area (Å²) in [6, 6.07) is 3.88. The number of aryl methyl sites for hydroxylation is 1. The molecule has 19 heavy (non-hydrogen) atoms. The predicted molar refractivity (Wildman–Crippen MR) is 74.6 cm³/mol. The second kappa shape index (κ2) is 5.24. The molecule has 1 heterocycles. The van der Waals surface area contributed by atoms with Crippen LogP contribution in [0.1, 0.15) is 54.2 Å². The number of carbonyl (C=O) groups is 1. The Bertz CT molecular complexity index is 645. The summed E-state index contributed by atoms with van der Waals surface area (Å²) in [4.78, 5) is 11.6. The zero-order valence-electron chi connectivity index (χ0n) is 15.1. The molecule has 0 spiro atoms. The van der Waals surface area contributed by atoms with Crippen LogP contribution in [-0.2, 0) is 17.6 Å². The quantitative estimate of drug-likeness (QED) is 0.906. The molecular weight excluding hydrogens is 238 g/mol. The first-order chi connectivity index (χ1) is 10.8. The first-order valence-corrected chi connectivity index (χ1v) is 6.86. The average molecular weight is 263 g/mol. The predicted octanol–water partition coefficient (Wildman–Crippen LogP) is 2.57. The van der Waals surface area contributed by atoms with Gasteiger partial charge in [0.25, 0.3) is 0 Å². The van der Waals surface area contributed by atoms with Crippen molar-refractivity contribution in [1.29, 1.82) is 0 Å². The molecule has 1 N–H and O–H groups in total. The number of nitrogens with one attached hydrogen (secondary N) is 1. The summed E-state index contributed by atoms with van der Waals surface area (Å²) in [5.74, 6) is -0.287. The highest BCUT2D eigenvalue weighted by Crippen LogP contribution is 2.42. The maximum atomic E-state index is 11.6. The number of rotatable bonds is 4. The molecule has 0 bridgehead atoms. The van der Waals surface area contributed by atoms with Gasteiger partial charge in [0.2, 0.25) is 5.91 Å². The van der Waals surface area contributed by atoms with Crippen molar-refractivity contribution in [3.63, 3.8) is 0 Å². The van der Waals surface area contributed by atoms with E-state index in [1.807, 2.05) is 12.1 Å². The van der Waals surface area contributed by atoms with Crippen LogP contribution in [0.2, 0.25) is 0 Å². The van der Waals surface area contributed by atoms with Crippen molar-refractivity contribution in [1.82, 2.24) is 5.32 Å². The van der Waals surface area contributed by atoms with Gasteiger partial charge < -0.3 is 10.1 Å². The molecule has 2 aliphatic rings. The number of fused-ring (bicyclic) bond motifs is 3. The van der Waals surface area contributed by atoms with E-state index in [2.05, 4.69) is 5.32 Å². The number of benzene rings is 1. The molecule has 3 nitrogen and oxygen atoms in total. The minimum atomic E-state index is -2.42. The van der Waals surface area contributed by atoms with Crippen LogP contribution in [0, 0.1) is 0 Å². The van der Waals surface area contributed by atoms with Crippen molar-refractivity contribution in [3.05, 3.63) is 28.8 Å². The zero-order valence-corrected chi connectivity index (χ0v) is 11.1. The van der Waals surface area contributed by atoms with Crippen molar-refractivity contribution in [3.8, 4) is 5.75 Å². The molecule has 1 amide bonds. The van der Waals surface area contributed by atoms with E-state index in [9.17, 15) is 4.79 Å². The third-order valence-electron chi connectivity index (χ3n) is 3.83. The molecule has 3 heteroatoms. The van der Waals surface area contributed by atoms with Crippen LogP contribution in [-0.4, -0.2) is 19.0 Å². The van der Waals surface area contributed by atoms with E-state index in [1.54, 1.807) is 6.92 Å². The van der Waals surface area contributed by atoms with Gasteiger partial charge in [0.05, 0.1) is 6.61 Å². The molecule has 1 aliphatic carbocycles. The third-order valence-corrected chi connectivity index (χ3v) is 3.83. The van der Waals surface area contributed by atoms with Crippen LogP contribution in [0.4, 0.5) is 0 Å². The van der Waals surface area contributed by atoms with Gasteiger partial charge in [0.1, 0.15) is 5.75 Å². The lowest BCUT2D eigenvalue weighted by Gasteiger charge is -2.15. The fourth-order valence-electron chi connectivity index (χ4n) is 2.87. The Kier molecular flexibility index (Phi) is 2.38. The minimum Gasteiger partial charge on any atom is -0.493 e. The van der Waals surface area contributed by atoms with Crippen LogP contribution >= 0.6 is 0 Å². The highest BCUT2D eigenvalue weighted by Gasteiger charge is 2.29. The van der Waals surface area contributed by atoms with E-state index in [0.717, 1.165) is 35.3 Å². The summed E-state index contributed by atoms with van der Waals surface area (Å²) in [6.45, 7) is -0.217. The van der Waals surface area contributed by atoms with Crippen molar-refractivity contribution < 1.29 is 15.0 Å².